The van der Waals surface area contributed by atoms with Crippen molar-refractivity contribution >= 4 is 120 Å². The van der Waals surface area contributed by atoms with Crippen LogP contribution in [-0.2, 0) is 12.0 Å². The fourth-order valence-electron chi connectivity index (χ4n) is 17.1. The van der Waals surface area contributed by atoms with Gasteiger partial charge in [0.1, 0.15) is 63.0 Å². The zero-order valence-corrected chi connectivity index (χ0v) is 80.2. The molecule has 23 rings (SSSR count). The molecule has 694 valence electrons. The molecule has 0 spiro atoms. The summed E-state index contributed by atoms with van der Waals surface area (Å²) in [4.78, 5) is 158. The maximum Gasteiger partial charge on any atom is 0.269 e. The Morgan fingerprint density at radius 1 is 0.396 bits per heavy atom. The Bertz CT molecular complexity index is 8040. The molecule has 2 saturated heterocycles. The van der Waals surface area contributed by atoms with Crippen LogP contribution >= 0.6 is 56.7 Å². The lowest BCUT2D eigenvalue weighted by Crippen LogP contribution is -2.48. The molecule has 2 atom stereocenters. The molecular formula is C105H91N21O8S5. The van der Waals surface area contributed by atoms with E-state index < -0.39 is 0 Å². The minimum absolute atomic E-state index is 0.0449. The minimum Gasteiger partial charge on any atom is -0.395 e. The summed E-state index contributed by atoms with van der Waals surface area (Å²) in [6.45, 7) is 13.1. The Morgan fingerprint density at radius 3 is 1.12 bits per heavy atom. The summed E-state index contributed by atoms with van der Waals surface area (Å²) in [7, 11) is 4.13. The topological polar surface area (TPSA) is 394 Å². The van der Waals surface area contributed by atoms with Gasteiger partial charge in [-0.3, -0.25) is 63.5 Å². The van der Waals surface area contributed by atoms with Gasteiger partial charge in [0.25, 0.3) is 39.6 Å². The van der Waals surface area contributed by atoms with Crippen molar-refractivity contribution in [1.29, 1.82) is 0 Å². The average Bonchev–Trinajstić information content (AvgIpc) is 1.62. The Hall–Kier alpha value is -15.2. The molecule has 29 nitrogen and oxygen atoms in total. The second-order valence-corrected chi connectivity index (χ2v) is 38.5. The van der Waals surface area contributed by atoms with Crippen molar-refractivity contribution in [3.8, 4) is 91.0 Å². The number of aliphatic hydroxyl groups excluding tert-OH is 1. The first-order valence-corrected chi connectivity index (χ1v) is 49.3. The number of hydrogen-bond donors (Lipinski definition) is 8. The van der Waals surface area contributed by atoms with Crippen molar-refractivity contribution in [1.82, 2.24) is 105 Å². The fraction of sp³-hybridized carbons (Fsp3) is 0.181. The fourth-order valence-corrected chi connectivity index (χ4v) is 21.6. The largest absolute Gasteiger partial charge is 0.395 e. The highest BCUT2D eigenvalue weighted by atomic mass is 32.1. The number of carbonyl (C=O) groups excluding carboxylic acids is 2. The molecule has 0 bridgehead atoms. The molecule has 4 aromatic carbocycles. The normalized spacial score (nSPS) is 14.4. The summed E-state index contributed by atoms with van der Waals surface area (Å²) in [5, 5.41) is 26.1. The number of rotatable bonds is 16. The average molecular weight is 1940 g/mol. The van der Waals surface area contributed by atoms with Crippen LogP contribution in [0.5, 0.6) is 0 Å². The van der Waals surface area contributed by atoms with Crippen molar-refractivity contribution in [3.05, 3.63) is 366 Å². The van der Waals surface area contributed by atoms with Crippen LogP contribution in [-0.4, -0.2) is 171 Å². The van der Waals surface area contributed by atoms with E-state index in [9.17, 15) is 38.7 Å². The quantitative estimate of drug-likeness (QED) is 0.0445. The van der Waals surface area contributed by atoms with E-state index in [0.29, 0.717) is 154 Å². The number of nitrogens with one attached hydrogen (secondary N) is 7. The molecule has 8 N–H and O–H groups in total. The lowest BCUT2D eigenvalue weighted by molar-refractivity contribution is 0.0698. The van der Waals surface area contributed by atoms with Crippen LogP contribution < -0.4 is 38.4 Å². The van der Waals surface area contributed by atoms with E-state index in [0.717, 1.165) is 63.8 Å². The highest BCUT2D eigenvalue weighted by Gasteiger charge is 2.44. The zero-order chi connectivity index (χ0) is 96.0. The first-order chi connectivity index (χ1) is 67.7. The standard InChI is InChI=1S/2C23H21N5O2S.C21H20N4OS.C21H17N3O2S.C17H12N4OS/c2*1-14-6-2-3-7-15(14)18-12-28(11-10-25-18)23(30)16-13-31-20-19(16)26-21(27-22(20)29)17-8-4-5-9-24-17;1-13-10-14(7-8-15(13)11-25(2)3)16-12-27-19-18(16)23-20(24-21(19)26)17-6-4-5-9-22-17;25-12-21(8-9-21)14-6-4-13(5-7-14)15-11-27-18-17(15)23-19(24-20(18)26)16-3-1-2-10-22-16;1-10-8-18-7-5-11(10)12-9-23-15-14(12)20-16(21-17(15)22)13-4-2-3-6-19-13/h2*2-9,13,18,25H,10-12H2,1H3,(H,26,27,29);4-10,12H,11H2,1-3H3,(H,23,24,26);1-7,10-11,25H,8-9,12H2,(H,23,24,26);2-9H,1H3,(H,20,21,22). The second-order valence-electron chi connectivity index (χ2n) is 34.1. The predicted molar refractivity (Wildman–Crippen MR) is 552 cm³/mol. The Balaban J connectivity index is 0.000000111. The van der Waals surface area contributed by atoms with Crippen LogP contribution in [0.1, 0.15) is 90.1 Å². The van der Waals surface area contributed by atoms with Crippen molar-refractivity contribution in [2.24, 2.45) is 0 Å². The lowest BCUT2D eigenvalue weighted by Gasteiger charge is -2.34. The number of aromatic amines is 5. The van der Waals surface area contributed by atoms with Crippen LogP contribution in [0, 0.1) is 27.7 Å². The van der Waals surface area contributed by atoms with Gasteiger partial charge in [-0.1, -0.05) is 121 Å². The highest BCUT2D eigenvalue weighted by Crippen LogP contribution is 2.48. The summed E-state index contributed by atoms with van der Waals surface area (Å²) < 4.78 is 2.78. The van der Waals surface area contributed by atoms with E-state index in [2.05, 4.69) is 187 Å². The molecule has 3 aliphatic rings. The van der Waals surface area contributed by atoms with Gasteiger partial charge in [-0.2, -0.15) is 0 Å². The molecule has 139 heavy (non-hydrogen) atoms. The van der Waals surface area contributed by atoms with E-state index in [1.165, 1.54) is 95.6 Å². The van der Waals surface area contributed by atoms with E-state index >= 15 is 0 Å². The third kappa shape index (κ3) is 19.9. The molecule has 1 aliphatic carbocycles. The van der Waals surface area contributed by atoms with Gasteiger partial charge >= 0.3 is 0 Å². The monoisotopic (exact) mass is 1930 g/mol. The second kappa shape index (κ2) is 41.0. The number of hydrogen-bond acceptors (Lipinski definition) is 27. The number of piperazine rings is 2. The molecule has 16 aromatic heterocycles. The SMILES string of the molecule is Cc1cc(-c2csc3c(=O)[nH]c(-c4ccccn4)nc23)ccc1CN(C)C.Cc1ccccc1C1CN(C(=O)c2csc3c(=O)[nH]c(-c4ccccn4)nc23)CCN1.Cc1ccccc1C1CN(C(=O)c2csc3c(=O)[nH]c(-c4ccccn4)nc23)CCN1.Cc1cnccc1-c1csc2c(=O)[nH]c(-c3ccccn3)nc12.O=c1[nH]c(-c2ccccn2)nc2c(-c3ccc(C4(CO)CC4)cc3)csc12. The maximum absolute atomic E-state index is 13.4. The number of aryl methyl sites for hydroxylation is 4. The van der Waals surface area contributed by atoms with E-state index in [4.69, 9.17) is 9.97 Å². The third-order valence-electron chi connectivity index (χ3n) is 24.6. The molecule has 2 unspecified atom stereocenters. The van der Waals surface area contributed by atoms with E-state index in [1.54, 1.807) is 72.2 Å². The number of amides is 2. The van der Waals surface area contributed by atoms with Gasteiger partial charge in [0.05, 0.1) is 46.4 Å². The Kier molecular flexibility index (Phi) is 27.4. The molecule has 1 saturated carbocycles. The van der Waals surface area contributed by atoms with Crippen LogP contribution in [0.3, 0.4) is 0 Å². The van der Waals surface area contributed by atoms with Gasteiger partial charge in [-0.05, 0) is 183 Å². The molecule has 20 aromatic rings. The summed E-state index contributed by atoms with van der Waals surface area (Å²) in [5.74, 6) is 1.98. The van der Waals surface area contributed by atoms with Gasteiger partial charge in [0.2, 0.25) is 0 Å². The van der Waals surface area contributed by atoms with Crippen molar-refractivity contribution < 1.29 is 14.7 Å². The summed E-state index contributed by atoms with van der Waals surface area (Å²) in [6, 6.07) is 60.7. The molecule has 0 radical (unpaired) electrons. The maximum atomic E-state index is 13.4. The van der Waals surface area contributed by atoms with Crippen LogP contribution in [0.2, 0.25) is 0 Å². The van der Waals surface area contributed by atoms with Gasteiger partial charge in [-0.15, -0.1) is 56.7 Å². The van der Waals surface area contributed by atoms with Gasteiger partial charge in [0, 0.05) is 138 Å². The van der Waals surface area contributed by atoms with Gasteiger partial charge in [0.15, 0.2) is 29.1 Å². The first-order valence-electron chi connectivity index (χ1n) is 44.9. The number of H-pyrrole nitrogens is 5. The number of carbonyl (C=O) groups is 2. The Labute approximate surface area is 814 Å². The summed E-state index contributed by atoms with van der Waals surface area (Å²) in [6.07, 6.45) is 14.0. The number of nitrogens with zero attached hydrogens (tertiary/aromatic N) is 14. The number of aromatic nitrogens is 16. The van der Waals surface area contributed by atoms with E-state index in [-0.39, 0.29) is 63.7 Å². The molecule has 34 heteroatoms. The molecule has 18 heterocycles. The number of benzene rings is 4. The smallest absolute Gasteiger partial charge is 0.269 e. The summed E-state index contributed by atoms with van der Waals surface area (Å²) in [5.41, 5.74) is 21.6. The number of thiophene rings is 5. The van der Waals surface area contributed by atoms with Crippen LogP contribution in [0.15, 0.2) is 282 Å². The highest BCUT2D eigenvalue weighted by molar-refractivity contribution is 7.19. The van der Waals surface area contributed by atoms with Gasteiger partial charge in [-0.25, -0.2) is 24.9 Å². The van der Waals surface area contributed by atoms with E-state index in [1.807, 2.05) is 136 Å². The van der Waals surface area contributed by atoms with Crippen LogP contribution in [0.25, 0.3) is 142 Å². The van der Waals surface area contributed by atoms with Crippen molar-refractivity contribution in [2.45, 2.75) is 64.6 Å². The number of aliphatic hydroxyl groups is 1. The third-order valence-corrected chi connectivity index (χ3v) is 29.4. The van der Waals surface area contributed by atoms with Gasteiger partial charge < -0.3 is 55.4 Å². The number of pyridine rings is 6. The van der Waals surface area contributed by atoms with Crippen LogP contribution in [0.4, 0.5) is 0 Å². The van der Waals surface area contributed by atoms with Crippen molar-refractivity contribution in [2.75, 3.05) is 60.0 Å². The zero-order valence-electron chi connectivity index (χ0n) is 76.2. The van der Waals surface area contributed by atoms with Crippen molar-refractivity contribution in [3.63, 3.8) is 0 Å². The Morgan fingerprint density at radius 2 is 0.755 bits per heavy atom. The predicted octanol–water partition coefficient (Wildman–Crippen LogP) is 17.5. The molecule has 3 fully saturated rings. The molecule has 2 aliphatic heterocycles. The molecular weight excluding hydrogens is 1840 g/mol. The number of fused-ring (bicyclic) bond motifs is 5. The first kappa shape index (κ1) is 92.8. The minimum atomic E-state index is -0.257. The molecule has 2 amide bonds. The lowest BCUT2D eigenvalue weighted by atomic mass is 9.95. The summed E-state index contributed by atoms with van der Waals surface area (Å²) >= 11 is 6.72.